The Morgan fingerprint density at radius 2 is 2.21 bits per heavy atom. The molecule has 0 saturated carbocycles. The molecule has 14 heavy (non-hydrogen) atoms. The lowest BCUT2D eigenvalue weighted by Gasteiger charge is -2.01. The Labute approximate surface area is 82.4 Å². The second-order valence-corrected chi connectivity index (χ2v) is 3.19. The molecule has 72 valence electrons. The number of aliphatic hydroxyl groups excluding tert-OH is 1. The fraction of sp³-hybridized carbons (Fsp3) is 0.273. The second kappa shape index (κ2) is 3.72. The first-order chi connectivity index (χ1) is 6.83. The highest BCUT2D eigenvalue weighted by molar-refractivity contribution is 5.78. The van der Waals surface area contributed by atoms with Crippen molar-refractivity contribution >= 4 is 10.9 Å². The maximum absolute atomic E-state index is 8.87. The van der Waals surface area contributed by atoms with E-state index in [0.29, 0.717) is 5.82 Å². The zero-order valence-electron chi connectivity index (χ0n) is 8.07. The largest absolute Gasteiger partial charge is 0.388 e. The molecule has 2 rings (SSSR count). The summed E-state index contributed by atoms with van der Waals surface area (Å²) in [5.41, 5.74) is 2.17. The van der Waals surface area contributed by atoms with Gasteiger partial charge in [0.1, 0.15) is 6.61 Å². The van der Waals surface area contributed by atoms with Crippen molar-refractivity contribution in [1.29, 1.82) is 0 Å². The van der Waals surface area contributed by atoms with Crippen LogP contribution in [0.4, 0.5) is 0 Å². The highest BCUT2D eigenvalue weighted by Gasteiger charge is 1.99. The third-order valence-electron chi connectivity index (χ3n) is 2.24. The molecule has 1 N–H and O–H groups in total. The minimum Gasteiger partial charge on any atom is -0.388 e. The number of aromatic nitrogens is 2. The molecule has 3 nitrogen and oxygen atoms in total. The molecule has 1 heterocycles. The summed E-state index contributed by atoms with van der Waals surface area (Å²) in [5, 5.41) is 9.90. The Kier molecular flexibility index (Phi) is 2.41. The molecule has 0 bridgehead atoms. The number of hydrogen-bond acceptors (Lipinski definition) is 3. The van der Waals surface area contributed by atoms with E-state index in [1.54, 1.807) is 6.20 Å². The lowest BCUT2D eigenvalue weighted by Crippen LogP contribution is -1.94. The van der Waals surface area contributed by atoms with Gasteiger partial charge in [-0.3, -0.25) is 0 Å². The van der Waals surface area contributed by atoms with Crippen LogP contribution in [-0.4, -0.2) is 15.1 Å². The second-order valence-electron chi connectivity index (χ2n) is 3.19. The molecule has 0 saturated heterocycles. The van der Waals surface area contributed by atoms with Crippen LogP contribution in [-0.2, 0) is 13.0 Å². The van der Waals surface area contributed by atoms with Crippen LogP contribution in [0.25, 0.3) is 10.9 Å². The molecule has 0 fully saturated rings. The van der Waals surface area contributed by atoms with Crippen molar-refractivity contribution in [2.75, 3.05) is 0 Å². The Bertz CT molecular complexity index is 411. The van der Waals surface area contributed by atoms with E-state index in [1.807, 2.05) is 6.07 Å². The SMILES string of the molecule is CCc1ccc2nc(CO)ncc2c1. The van der Waals surface area contributed by atoms with Crippen LogP contribution in [0.5, 0.6) is 0 Å². The summed E-state index contributed by atoms with van der Waals surface area (Å²) in [6.45, 7) is 2.01. The van der Waals surface area contributed by atoms with Gasteiger partial charge in [-0.15, -0.1) is 0 Å². The van der Waals surface area contributed by atoms with E-state index < -0.39 is 0 Å². The number of benzene rings is 1. The average Bonchev–Trinajstić information content (AvgIpc) is 2.27. The van der Waals surface area contributed by atoms with E-state index >= 15 is 0 Å². The summed E-state index contributed by atoms with van der Waals surface area (Å²) in [7, 11) is 0. The van der Waals surface area contributed by atoms with Gasteiger partial charge in [-0.05, 0) is 24.1 Å². The van der Waals surface area contributed by atoms with Crippen molar-refractivity contribution in [3.63, 3.8) is 0 Å². The fourth-order valence-corrected chi connectivity index (χ4v) is 1.42. The minimum atomic E-state index is -0.106. The average molecular weight is 188 g/mol. The minimum absolute atomic E-state index is 0.106. The molecule has 0 aliphatic rings. The third kappa shape index (κ3) is 1.59. The van der Waals surface area contributed by atoms with Crippen molar-refractivity contribution in [3.8, 4) is 0 Å². The highest BCUT2D eigenvalue weighted by atomic mass is 16.3. The number of fused-ring (bicyclic) bond motifs is 1. The zero-order valence-corrected chi connectivity index (χ0v) is 8.07. The Balaban J connectivity index is 2.57. The molecular weight excluding hydrogens is 176 g/mol. The highest BCUT2D eigenvalue weighted by Crippen LogP contribution is 2.13. The van der Waals surface area contributed by atoms with Crippen LogP contribution < -0.4 is 0 Å². The number of aryl methyl sites for hydroxylation is 1. The van der Waals surface area contributed by atoms with Gasteiger partial charge in [0.15, 0.2) is 5.82 Å². The quantitative estimate of drug-likeness (QED) is 0.780. The molecular formula is C11H12N2O. The summed E-state index contributed by atoms with van der Waals surface area (Å²) >= 11 is 0. The fourth-order valence-electron chi connectivity index (χ4n) is 1.42. The van der Waals surface area contributed by atoms with Crippen LogP contribution in [0, 0.1) is 0 Å². The zero-order chi connectivity index (χ0) is 9.97. The van der Waals surface area contributed by atoms with Gasteiger partial charge in [0, 0.05) is 11.6 Å². The van der Waals surface area contributed by atoms with Crippen LogP contribution in [0.1, 0.15) is 18.3 Å². The number of aliphatic hydroxyl groups is 1. The van der Waals surface area contributed by atoms with Crippen molar-refractivity contribution in [3.05, 3.63) is 35.8 Å². The van der Waals surface area contributed by atoms with Gasteiger partial charge in [0.2, 0.25) is 0 Å². The molecule has 0 aliphatic carbocycles. The lowest BCUT2D eigenvalue weighted by molar-refractivity contribution is 0.272. The Hall–Kier alpha value is -1.48. The van der Waals surface area contributed by atoms with Crippen LogP contribution >= 0.6 is 0 Å². The molecule has 1 aromatic carbocycles. The van der Waals surface area contributed by atoms with Gasteiger partial charge < -0.3 is 5.11 Å². The van der Waals surface area contributed by atoms with E-state index in [9.17, 15) is 0 Å². The summed E-state index contributed by atoms with van der Waals surface area (Å²) < 4.78 is 0. The smallest absolute Gasteiger partial charge is 0.154 e. The molecule has 0 spiro atoms. The molecule has 2 aromatic rings. The van der Waals surface area contributed by atoms with Gasteiger partial charge in [-0.25, -0.2) is 9.97 Å². The van der Waals surface area contributed by atoms with Gasteiger partial charge >= 0.3 is 0 Å². The summed E-state index contributed by atoms with van der Waals surface area (Å²) in [5.74, 6) is 0.474. The lowest BCUT2D eigenvalue weighted by atomic mass is 10.1. The first-order valence-corrected chi connectivity index (χ1v) is 4.69. The van der Waals surface area contributed by atoms with E-state index in [4.69, 9.17) is 5.11 Å². The van der Waals surface area contributed by atoms with Gasteiger partial charge in [0.05, 0.1) is 5.52 Å². The number of hydrogen-bond donors (Lipinski definition) is 1. The molecule has 0 atom stereocenters. The first-order valence-electron chi connectivity index (χ1n) is 4.69. The van der Waals surface area contributed by atoms with Crippen molar-refractivity contribution in [2.45, 2.75) is 20.0 Å². The van der Waals surface area contributed by atoms with Crippen molar-refractivity contribution < 1.29 is 5.11 Å². The van der Waals surface area contributed by atoms with E-state index in [2.05, 4.69) is 29.0 Å². The normalized spacial score (nSPS) is 10.7. The molecule has 0 amide bonds. The van der Waals surface area contributed by atoms with Crippen molar-refractivity contribution in [2.24, 2.45) is 0 Å². The van der Waals surface area contributed by atoms with Crippen LogP contribution in [0.15, 0.2) is 24.4 Å². The van der Waals surface area contributed by atoms with Crippen LogP contribution in [0.2, 0.25) is 0 Å². The summed E-state index contributed by atoms with van der Waals surface area (Å²) in [6.07, 6.45) is 2.77. The van der Waals surface area contributed by atoms with Gasteiger partial charge in [-0.1, -0.05) is 13.0 Å². The van der Waals surface area contributed by atoms with E-state index in [-0.39, 0.29) is 6.61 Å². The molecule has 0 radical (unpaired) electrons. The molecule has 0 aliphatic heterocycles. The summed E-state index contributed by atoms with van der Waals surface area (Å²) in [6, 6.07) is 6.10. The predicted octanol–water partition coefficient (Wildman–Crippen LogP) is 1.68. The first kappa shape index (κ1) is 9.09. The van der Waals surface area contributed by atoms with Gasteiger partial charge in [0.25, 0.3) is 0 Å². The van der Waals surface area contributed by atoms with Crippen LogP contribution in [0.3, 0.4) is 0 Å². The molecule has 1 aromatic heterocycles. The number of nitrogens with zero attached hydrogens (tertiary/aromatic N) is 2. The summed E-state index contributed by atoms with van der Waals surface area (Å²) in [4.78, 5) is 8.25. The topological polar surface area (TPSA) is 46.0 Å². The standard InChI is InChI=1S/C11H12N2O/c1-2-8-3-4-10-9(5-8)6-12-11(7-14)13-10/h3-6,14H,2,7H2,1H3. The van der Waals surface area contributed by atoms with Gasteiger partial charge in [-0.2, -0.15) is 0 Å². The van der Waals surface area contributed by atoms with Crippen molar-refractivity contribution in [1.82, 2.24) is 9.97 Å². The Morgan fingerprint density at radius 1 is 1.36 bits per heavy atom. The monoisotopic (exact) mass is 188 g/mol. The predicted molar refractivity (Wildman–Crippen MR) is 54.8 cm³/mol. The van der Waals surface area contributed by atoms with E-state index in [0.717, 1.165) is 17.3 Å². The molecule has 3 heteroatoms. The molecule has 0 unspecified atom stereocenters. The Morgan fingerprint density at radius 3 is 2.93 bits per heavy atom. The maximum atomic E-state index is 8.87. The maximum Gasteiger partial charge on any atom is 0.154 e. The van der Waals surface area contributed by atoms with E-state index in [1.165, 1.54) is 5.56 Å². The number of rotatable bonds is 2. The third-order valence-corrected chi connectivity index (χ3v) is 2.24.